The Hall–Kier alpha value is -2.89. The van der Waals surface area contributed by atoms with E-state index in [4.69, 9.17) is 0 Å². The fourth-order valence-corrected chi connectivity index (χ4v) is 4.48. The van der Waals surface area contributed by atoms with E-state index in [1.54, 1.807) is 0 Å². The Morgan fingerprint density at radius 3 is 2.15 bits per heavy atom. The molecular formula is C22H20N2O2S. The SMILES string of the molecule is Cc1c(S(=O)(=O)NCc2ccc(-c3ccccc3)cc2)[nH]c2ccccc12. The van der Waals surface area contributed by atoms with Gasteiger partial charge in [-0.25, -0.2) is 13.1 Å². The molecule has 3 aromatic carbocycles. The van der Waals surface area contributed by atoms with Gasteiger partial charge < -0.3 is 4.98 Å². The fourth-order valence-electron chi connectivity index (χ4n) is 3.22. The van der Waals surface area contributed by atoms with E-state index >= 15 is 0 Å². The third-order valence-corrected chi connectivity index (χ3v) is 6.19. The van der Waals surface area contributed by atoms with Gasteiger partial charge >= 0.3 is 0 Å². The lowest BCUT2D eigenvalue weighted by Gasteiger charge is -2.08. The number of fused-ring (bicyclic) bond motifs is 1. The molecule has 0 aliphatic rings. The van der Waals surface area contributed by atoms with E-state index in [-0.39, 0.29) is 11.6 Å². The van der Waals surface area contributed by atoms with Crippen LogP contribution in [0.5, 0.6) is 0 Å². The van der Waals surface area contributed by atoms with Crippen LogP contribution in [0.1, 0.15) is 11.1 Å². The molecular weight excluding hydrogens is 356 g/mol. The van der Waals surface area contributed by atoms with E-state index < -0.39 is 10.0 Å². The van der Waals surface area contributed by atoms with E-state index in [0.29, 0.717) is 0 Å². The normalized spacial score (nSPS) is 11.7. The van der Waals surface area contributed by atoms with E-state index in [1.807, 2.05) is 73.7 Å². The number of aromatic amines is 1. The van der Waals surface area contributed by atoms with Gasteiger partial charge in [0, 0.05) is 17.4 Å². The average molecular weight is 376 g/mol. The van der Waals surface area contributed by atoms with Gasteiger partial charge in [-0.2, -0.15) is 0 Å². The van der Waals surface area contributed by atoms with Gasteiger partial charge in [0.05, 0.1) is 0 Å². The van der Waals surface area contributed by atoms with Crippen LogP contribution >= 0.6 is 0 Å². The van der Waals surface area contributed by atoms with Crippen LogP contribution in [0.25, 0.3) is 22.0 Å². The molecule has 0 saturated heterocycles. The lowest BCUT2D eigenvalue weighted by molar-refractivity contribution is 0.577. The molecule has 0 radical (unpaired) electrons. The van der Waals surface area contributed by atoms with Crippen LogP contribution < -0.4 is 4.72 Å². The van der Waals surface area contributed by atoms with Gasteiger partial charge in [0.25, 0.3) is 10.0 Å². The molecule has 1 aromatic heterocycles. The number of benzene rings is 3. The molecule has 0 aliphatic carbocycles. The van der Waals surface area contributed by atoms with Crippen LogP contribution in [0, 0.1) is 6.92 Å². The van der Waals surface area contributed by atoms with Crippen LogP contribution in [0.4, 0.5) is 0 Å². The molecule has 0 unspecified atom stereocenters. The Balaban J connectivity index is 1.53. The van der Waals surface area contributed by atoms with Crippen molar-refractivity contribution in [2.75, 3.05) is 0 Å². The van der Waals surface area contributed by atoms with E-state index in [2.05, 4.69) is 21.8 Å². The van der Waals surface area contributed by atoms with Crippen molar-refractivity contribution in [3.05, 3.63) is 90.0 Å². The molecule has 136 valence electrons. The number of H-pyrrole nitrogens is 1. The van der Waals surface area contributed by atoms with Crippen molar-refractivity contribution in [1.29, 1.82) is 0 Å². The number of aromatic nitrogens is 1. The standard InChI is InChI=1S/C22H20N2O2S/c1-16-20-9-5-6-10-21(20)24-22(16)27(25,26)23-15-17-11-13-19(14-12-17)18-7-3-2-4-8-18/h2-14,23-24H,15H2,1H3. The summed E-state index contributed by atoms with van der Waals surface area (Å²) in [5.41, 5.74) is 4.71. The maximum absolute atomic E-state index is 12.7. The predicted molar refractivity (Wildman–Crippen MR) is 109 cm³/mol. The van der Waals surface area contributed by atoms with Crippen LogP contribution in [0.2, 0.25) is 0 Å². The molecule has 0 amide bonds. The molecule has 0 aliphatic heterocycles. The Morgan fingerprint density at radius 2 is 1.44 bits per heavy atom. The minimum atomic E-state index is -3.62. The Bertz CT molecular complexity index is 1180. The number of nitrogens with one attached hydrogen (secondary N) is 2. The van der Waals surface area contributed by atoms with Crippen LogP contribution in [-0.4, -0.2) is 13.4 Å². The fraction of sp³-hybridized carbons (Fsp3) is 0.0909. The smallest absolute Gasteiger partial charge is 0.256 e. The van der Waals surface area contributed by atoms with Gasteiger partial charge in [-0.3, -0.25) is 0 Å². The molecule has 5 heteroatoms. The number of hydrogen-bond donors (Lipinski definition) is 2. The van der Waals surface area contributed by atoms with E-state index in [0.717, 1.165) is 33.2 Å². The predicted octanol–water partition coefficient (Wildman–Crippen LogP) is 4.62. The van der Waals surface area contributed by atoms with Crippen LogP contribution in [0.15, 0.2) is 83.9 Å². The molecule has 0 fully saturated rings. The molecule has 4 rings (SSSR count). The van der Waals surface area contributed by atoms with E-state index in [1.165, 1.54) is 0 Å². The highest BCUT2D eigenvalue weighted by Gasteiger charge is 2.20. The topological polar surface area (TPSA) is 62.0 Å². The second-order valence-corrected chi connectivity index (χ2v) is 8.22. The third-order valence-electron chi connectivity index (χ3n) is 4.72. The zero-order chi connectivity index (χ0) is 18.9. The highest BCUT2D eigenvalue weighted by molar-refractivity contribution is 7.89. The van der Waals surface area contributed by atoms with Crippen LogP contribution in [0.3, 0.4) is 0 Å². The Morgan fingerprint density at radius 1 is 0.815 bits per heavy atom. The summed E-state index contributed by atoms with van der Waals surface area (Å²) in [5, 5.41) is 1.15. The first-order chi connectivity index (χ1) is 13.0. The van der Waals surface area contributed by atoms with Crippen molar-refractivity contribution in [3.8, 4) is 11.1 Å². The monoisotopic (exact) mass is 376 g/mol. The number of para-hydroxylation sites is 1. The van der Waals surface area contributed by atoms with E-state index in [9.17, 15) is 8.42 Å². The second-order valence-electron chi connectivity index (χ2n) is 6.51. The first-order valence-corrected chi connectivity index (χ1v) is 10.2. The van der Waals surface area contributed by atoms with Crippen LogP contribution in [-0.2, 0) is 16.6 Å². The highest BCUT2D eigenvalue weighted by Crippen LogP contribution is 2.25. The van der Waals surface area contributed by atoms with Gasteiger partial charge in [-0.15, -0.1) is 0 Å². The van der Waals surface area contributed by atoms with Gasteiger partial charge in [0.15, 0.2) is 5.03 Å². The van der Waals surface area contributed by atoms with Crippen molar-refractivity contribution in [2.45, 2.75) is 18.5 Å². The lowest BCUT2D eigenvalue weighted by atomic mass is 10.0. The summed E-state index contributed by atoms with van der Waals surface area (Å²) < 4.78 is 28.2. The van der Waals surface area contributed by atoms with Gasteiger partial charge in [-0.1, -0.05) is 72.8 Å². The number of rotatable bonds is 5. The minimum Gasteiger partial charge on any atom is -0.344 e. The molecule has 0 saturated carbocycles. The summed E-state index contributed by atoms with van der Waals surface area (Å²) in [7, 11) is -3.62. The molecule has 0 bridgehead atoms. The van der Waals surface area contributed by atoms with Crippen molar-refractivity contribution in [1.82, 2.24) is 9.71 Å². The Kier molecular flexibility index (Phi) is 4.56. The summed E-state index contributed by atoms with van der Waals surface area (Å²) >= 11 is 0. The number of aryl methyl sites for hydroxylation is 1. The largest absolute Gasteiger partial charge is 0.344 e. The molecule has 4 nitrogen and oxygen atoms in total. The summed E-state index contributed by atoms with van der Waals surface area (Å²) in [5.74, 6) is 0. The first kappa shape index (κ1) is 17.5. The molecule has 27 heavy (non-hydrogen) atoms. The zero-order valence-electron chi connectivity index (χ0n) is 14.9. The first-order valence-electron chi connectivity index (χ1n) is 8.76. The van der Waals surface area contributed by atoms with Crippen molar-refractivity contribution < 1.29 is 8.42 Å². The maximum Gasteiger partial charge on any atom is 0.256 e. The quantitative estimate of drug-likeness (QED) is 0.534. The third kappa shape index (κ3) is 3.52. The average Bonchev–Trinajstić information content (AvgIpc) is 3.05. The molecule has 2 N–H and O–H groups in total. The van der Waals surface area contributed by atoms with Crippen molar-refractivity contribution >= 4 is 20.9 Å². The zero-order valence-corrected chi connectivity index (χ0v) is 15.8. The van der Waals surface area contributed by atoms with Crippen molar-refractivity contribution in [3.63, 3.8) is 0 Å². The minimum absolute atomic E-state index is 0.226. The summed E-state index contributed by atoms with van der Waals surface area (Å²) in [6.45, 7) is 2.06. The maximum atomic E-state index is 12.7. The van der Waals surface area contributed by atoms with Crippen molar-refractivity contribution in [2.24, 2.45) is 0 Å². The highest BCUT2D eigenvalue weighted by atomic mass is 32.2. The summed E-state index contributed by atoms with van der Waals surface area (Å²) in [4.78, 5) is 3.02. The summed E-state index contributed by atoms with van der Waals surface area (Å²) in [6, 6.07) is 25.6. The molecule has 1 heterocycles. The summed E-state index contributed by atoms with van der Waals surface area (Å²) in [6.07, 6.45) is 0. The number of hydrogen-bond acceptors (Lipinski definition) is 2. The molecule has 0 spiro atoms. The second kappa shape index (κ2) is 7.02. The van der Waals surface area contributed by atoms with Gasteiger partial charge in [0.1, 0.15) is 0 Å². The lowest BCUT2D eigenvalue weighted by Crippen LogP contribution is -2.24. The Labute approximate surface area is 158 Å². The molecule has 0 atom stereocenters. The van der Waals surface area contributed by atoms with Gasteiger partial charge in [0.2, 0.25) is 0 Å². The number of sulfonamides is 1. The molecule has 4 aromatic rings. The van der Waals surface area contributed by atoms with Gasteiger partial charge in [-0.05, 0) is 35.2 Å².